The number of carbonyl (C=O) groups excluding carboxylic acids is 1. The summed E-state index contributed by atoms with van der Waals surface area (Å²) >= 11 is 11.9. The van der Waals surface area contributed by atoms with Crippen molar-refractivity contribution < 1.29 is 9.53 Å². The van der Waals surface area contributed by atoms with E-state index in [9.17, 15) is 4.79 Å². The Morgan fingerprint density at radius 2 is 1.86 bits per heavy atom. The zero-order valence-electron chi connectivity index (χ0n) is 15.1. The molecule has 0 saturated carbocycles. The van der Waals surface area contributed by atoms with E-state index in [4.69, 9.17) is 33.7 Å². The molecular formula is C19H17Cl2N5O2. The Kier molecular flexibility index (Phi) is 5.87. The average Bonchev–Trinajstić information content (AvgIpc) is 2.65. The largest absolute Gasteiger partial charge is 0.437 e. The lowest BCUT2D eigenvalue weighted by Crippen LogP contribution is -2.30. The van der Waals surface area contributed by atoms with Gasteiger partial charge in [-0.2, -0.15) is 4.98 Å². The molecule has 0 radical (unpaired) electrons. The van der Waals surface area contributed by atoms with Crippen LogP contribution in [-0.2, 0) is 0 Å². The molecule has 2 aromatic carbocycles. The van der Waals surface area contributed by atoms with Gasteiger partial charge in [-0.15, -0.1) is 0 Å². The van der Waals surface area contributed by atoms with Crippen LogP contribution < -0.4 is 21.3 Å². The number of benzene rings is 2. The van der Waals surface area contributed by atoms with Gasteiger partial charge in [0.25, 0.3) is 5.91 Å². The maximum atomic E-state index is 12.3. The smallest absolute Gasteiger partial charge is 0.271 e. The van der Waals surface area contributed by atoms with Crippen LogP contribution in [0.15, 0.2) is 42.7 Å². The molecule has 9 heteroatoms. The Labute approximate surface area is 171 Å². The van der Waals surface area contributed by atoms with Gasteiger partial charge in [0.05, 0.1) is 10.6 Å². The summed E-state index contributed by atoms with van der Waals surface area (Å²) in [7, 11) is 0. The zero-order valence-corrected chi connectivity index (χ0v) is 16.6. The molecule has 4 N–H and O–H groups in total. The average molecular weight is 418 g/mol. The number of nitrogens with zero attached hydrogens (tertiary/aromatic N) is 2. The Balaban J connectivity index is 1.73. The van der Waals surface area contributed by atoms with Gasteiger partial charge in [-0.25, -0.2) is 4.98 Å². The maximum Gasteiger partial charge on any atom is 0.271 e. The van der Waals surface area contributed by atoms with Gasteiger partial charge in [-0.3, -0.25) is 15.6 Å². The molecule has 0 saturated heterocycles. The molecule has 1 aromatic heterocycles. The van der Waals surface area contributed by atoms with Crippen molar-refractivity contribution in [2.75, 3.05) is 11.2 Å². The molecule has 28 heavy (non-hydrogen) atoms. The Hall–Kier alpha value is -3.03. The summed E-state index contributed by atoms with van der Waals surface area (Å²) in [5, 5.41) is 0.656. The Bertz CT molecular complexity index is 1040. The molecule has 1 heterocycles. The summed E-state index contributed by atoms with van der Waals surface area (Å²) in [5.74, 6) is 0.472. The number of anilines is 2. The number of ether oxygens (including phenoxy) is 1. The van der Waals surface area contributed by atoms with Crippen LogP contribution in [0.5, 0.6) is 11.6 Å². The van der Waals surface area contributed by atoms with Crippen molar-refractivity contribution in [3.8, 4) is 11.6 Å². The molecule has 0 aliphatic heterocycles. The van der Waals surface area contributed by atoms with Crippen molar-refractivity contribution in [2.45, 2.75) is 13.8 Å². The summed E-state index contributed by atoms with van der Waals surface area (Å²) in [6.45, 7) is 3.99. The first-order valence-corrected chi connectivity index (χ1v) is 8.97. The molecule has 0 unspecified atom stereocenters. The van der Waals surface area contributed by atoms with Crippen molar-refractivity contribution in [2.24, 2.45) is 0 Å². The lowest BCUT2D eigenvalue weighted by molar-refractivity contribution is 0.0962. The molecule has 0 aliphatic rings. The van der Waals surface area contributed by atoms with E-state index in [2.05, 4.69) is 20.8 Å². The highest BCUT2D eigenvalue weighted by molar-refractivity contribution is 6.36. The van der Waals surface area contributed by atoms with Gasteiger partial charge in [0, 0.05) is 5.02 Å². The zero-order chi connectivity index (χ0) is 20.3. The maximum absolute atomic E-state index is 12.3. The summed E-state index contributed by atoms with van der Waals surface area (Å²) in [5.41, 5.74) is 13.8. The van der Waals surface area contributed by atoms with Crippen LogP contribution in [0, 0.1) is 13.8 Å². The van der Waals surface area contributed by atoms with E-state index in [-0.39, 0.29) is 28.0 Å². The molecule has 0 bridgehead atoms. The first-order chi connectivity index (χ1) is 13.3. The number of amides is 1. The normalized spacial score (nSPS) is 10.4. The van der Waals surface area contributed by atoms with Crippen LogP contribution >= 0.6 is 23.2 Å². The lowest BCUT2D eigenvalue weighted by Gasteiger charge is -2.13. The SMILES string of the molecule is Cc1ccc(Oc2ncnc(NNC(=O)c3ccc(Cl)cc3Cl)c2N)cc1C. The molecule has 0 atom stereocenters. The number of nitrogens with two attached hydrogens (primary N) is 1. The highest BCUT2D eigenvalue weighted by atomic mass is 35.5. The minimum absolute atomic E-state index is 0.142. The second-order valence-corrected chi connectivity index (χ2v) is 6.84. The van der Waals surface area contributed by atoms with E-state index < -0.39 is 5.91 Å². The molecule has 0 fully saturated rings. The predicted molar refractivity (Wildman–Crippen MR) is 110 cm³/mol. The van der Waals surface area contributed by atoms with Crippen LogP contribution in [0.3, 0.4) is 0 Å². The second-order valence-electron chi connectivity index (χ2n) is 5.99. The number of hydrazine groups is 1. The number of nitrogens with one attached hydrogen (secondary N) is 2. The lowest BCUT2D eigenvalue weighted by atomic mass is 10.1. The van der Waals surface area contributed by atoms with Crippen LogP contribution in [-0.4, -0.2) is 15.9 Å². The van der Waals surface area contributed by atoms with Crippen LogP contribution in [0.25, 0.3) is 0 Å². The topological polar surface area (TPSA) is 102 Å². The number of hydrogen-bond donors (Lipinski definition) is 3. The molecular weight excluding hydrogens is 401 g/mol. The number of rotatable bonds is 5. The number of nitrogen functional groups attached to an aromatic ring is 1. The predicted octanol–water partition coefficient (Wildman–Crippen LogP) is 4.53. The Morgan fingerprint density at radius 3 is 2.57 bits per heavy atom. The third kappa shape index (κ3) is 4.44. The van der Waals surface area contributed by atoms with Gasteiger partial charge in [0.2, 0.25) is 5.88 Å². The highest BCUT2D eigenvalue weighted by Crippen LogP contribution is 2.30. The minimum atomic E-state index is -0.476. The summed E-state index contributed by atoms with van der Waals surface area (Å²) in [6.07, 6.45) is 1.27. The van der Waals surface area contributed by atoms with E-state index in [0.29, 0.717) is 10.8 Å². The highest BCUT2D eigenvalue weighted by Gasteiger charge is 2.14. The molecule has 144 valence electrons. The second kappa shape index (κ2) is 8.33. The number of hydrogen-bond acceptors (Lipinski definition) is 6. The fourth-order valence-corrected chi connectivity index (χ4v) is 2.80. The van der Waals surface area contributed by atoms with Crippen molar-refractivity contribution in [1.29, 1.82) is 0 Å². The minimum Gasteiger partial charge on any atom is -0.437 e. The molecule has 0 spiro atoms. The summed E-state index contributed by atoms with van der Waals surface area (Å²) < 4.78 is 5.74. The van der Waals surface area contributed by atoms with E-state index in [0.717, 1.165) is 11.1 Å². The Morgan fingerprint density at radius 1 is 1.07 bits per heavy atom. The van der Waals surface area contributed by atoms with Crippen LogP contribution in [0.4, 0.5) is 11.5 Å². The number of aryl methyl sites for hydroxylation is 2. The standard InChI is InChI=1S/C19H17Cl2N5O2/c1-10-3-5-13(7-11(10)2)28-19-16(22)17(23-9-24-19)25-26-18(27)14-6-4-12(20)8-15(14)21/h3-9H,22H2,1-2H3,(H,26,27)(H,23,24,25). The summed E-state index contributed by atoms with van der Waals surface area (Å²) in [4.78, 5) is 20.4. The molecule has 3 rings (SSSR count). The van der Waals surface area contributed by atoms with Crippen molar-refractivity contribution >= 4 is 40.6 Å². The van der Waals surface area contributed by atoms with Gasteiger partial charge in [0.1, 0.15) is 17.8 Å². The van der Waals surface area contributed by atoms with Gasteiger partial charge >= 0.3 is 0 Å². The number of carbonyl (C=O) groups is 1. The van der Waals surface area contributed by atoms with Gasteiger partial charge in [0.15, 0.2) is 5.82 Å². The number of aromatic nitrogens is 2. The molecule has 0 aliphatic carbocycles. The first kappa shape index (κ1) is 19.7. The van der Waals surface area contributed by atoms with Crippen molar-refractivity contribution in [3.63, 3.8) is 0 Å². The van der Waals surface area contributed by atoms with Crippen molar-refractivity contribution in [3.05, 3.63) is 69.5 Å². The number of halogens is 2. The van der Waals surface area contributed by atoms with Crippen LogP contribution in [0.1, 0.15) is 21.5 Å². The van der Waals surface area contributed by atoms with E-state index in [1.54, 1.807) is 6.07 Å². The van der Waals surface area contributed by atoms with Crippen molar-refractivity contribution in [1.82, 2.24) is 15.4 Å². The summed E-state index contributed by atoms with van der Waals surface area (Å²) in [6, 6.07) is 10.2. The fraction of sp³-hybridized carbons (Fsp3) is 0.105. The van der Waals surface area contributed by atoms with Crippen LogP contribution in [0.2, 0.25) is 10.0 Å². The quantitative estimate of drug-likeness (QED) is 0.526. The molecule has 3 aromatic rings. The third-order valence-electron chi connectivity index (χ3n) is 4.01. The monoisotopic (exact) mass is 417 g/mol. The van der Waals surface area contributed by atoms with E-state index in [1.165, 1.54) is 18.5 Å². The fourth-order valence-electron chi connectivity index (χ4n) is 2.31. The first-order valence-electron chi connectivity index (χ1n) is 8.22. The van der Waals surface area contributed by atoms with E-state index >= 15 is 0 Å². The van der Waals surface area contributed by atoms with Gasteiger partial charge in [-0.1, -0.05) is 29.3 Å². The third-order valence-corrected chi connectivity index (χ3v) is 4.56. The molecule has 1 amide bonds. The van der Waals surface area contributed by atoms with E-state index in [1.807, 2.05) is 32.0 Å². The molecule has 7 nitrogen and oxygen atoms in total. The van der Waals surface area contributed by atoms with Gasteiger partial charge in [-0.05, 0) is 55.3 Å². The van der Waals surface area contributed by atoms with Gasteiger partial charge < -0.3 is 10.5 Å².